The number of H-pyrrole nitrogens is 1. The van der Waals surface area contributed by atoms with E-state index in [2.05, 4.69) is 14.9 Å². The van der Waals surface area contributed by atoms with Gasteiger partial charge in [0.05, 0.1) is 17.6 Å². The van der Waals surface area contributed by atoms with Gasteiger partial charge in [0.2, 0.25) is 0 Å². The van der Waals surface area contributed by atoms with Gasteiger partial charge in [-0.15, -0.1) is 0 Å². The van der Waals surface area contributed by atoms with Gasteiger partial charge in [-0.1, -0.05) is 24.3 Å². The minimum absolute atomic E-state index is 0.0315. The molecule has 1 atom stereocenters. The second-order valence-corrected chi connectivity index (χ2v) is 7.14. The van der Waals surface area contributed by atoms with Gasteiger partial charge in [0, 0.05) is 25.8 Å². The van der Waals surface area contributed by atoms with Crippen LogP contribution in [0.3, 0.4) is 0 Å². The van der Waals surface area contributed by atoms with Crippen molar-refractivity contribution in [2.75, 3.05) is 13.2 Å². The van der Waals surface area contributed by atoms with Gasteiger partial charge in [-0.3, -0.25) is 4.90 Å². The molecule has 0 spiro atoms. The molecule has 3 rings (SSSR count). The zero-order valence-corrected chi connectivity index (χ0v) is 16.6. The number of aromatic amines is 1. The van der Waals surface area contributed by atoms with Crippen LogP contribution in [0.4, 0.5) is 13.2 Å². The molecule has 0 bridgehead atoms. The molecular weight excluding hydrogens is 395 g/mol. The summed E-state index contributed by atoms with van der Waals surface area (Å²) < 4.78 is 43.4. The first-order chi connectivity index (χ1) is 14.3. The van der Waals surface area contributed by atoms with E-state index in [0.29, 0.717) is 19.6 Å². The van der Waals surface area contributed by atoms with E-state index in [1.807, 2.05) is 31.2 Å². The SMILES string of the molecule is Cc1ccccc1CN(Cc1c[nH]cn1)CC(O)COc1ccc(C(F)(F)F)cc1. The lowest BCUT2D eigenvalue weighted by Gasteiger charge is -2.25. The van der Waals surface area contributed by atoms with Gasteiger partial charge in [-0.25, -0.2) is 4.98 Å². The second-order valence-electron chi connectivity index (χ2n) is 7.14. The van der Waals surface area contributed by atoms with Gasteiger partial charge in [-0.2, -0.15) is 13.2 Å². The van der Waals surface area contributed by atoms with E-state index >= 15 is 0 Å². The third-order valence-electron chi connectivity index (χ3n) is 4.69. The van der Waals surface area contributed by atoms with E-state index in [9.17, 15) is 18.3 Å². The summed E-state index contributed by atoms with van der Waals surface area (Å²) in [6.07, 6.45) is -1.81. The molecular formula is C22H24F3N3O2. The van der Waals surface area contributed by atoms with Crippen molar-refractivity contribution in [1.82, 2.24) is 14.9 Å². The van der Waals surface area contributed by atoms with Gasteiger partial charge >= 0.3 is 6.18 Å². The molecule has 8 heteroatoms. The number of hydrogen-bond acceptors (Lipinski definition) is 4. The van der Waals surface area contributed by atoms with Crippen molar-refractivity contribution in [2.45, 2.75) is 32.3 Å². The molecule has 30 heavy (non-hydrogen) atoms. The fraction of sp³-hybridized carbons (Fsp3) is 0.318. The highest BCUT2D eigenvalue weighted by molar-refractivity contribution is 5.29. The van der Waals surface area contributed by atoms with Crippen molar-refractivity contribution in [3.05, 3.63) is 83.4 Å². The Hall–Kier alpha value is -2.84. The summed E-state index contributed by atoms with van der Waals surface area (Å²) in [4.78, 5) is 9.22. The molecule has 160 valence electrons. The lowest BCUT2D eigenvalue weighted by molar-refractivity contribution is -0.137. The number of aliphatic hydroxyl groups excluding tert-OH is 1. The normalized spacial score (nSPS) is 12.9. The zero-order valence-electron chi connectivity index (χ0n) is 16.6. The first kappa shape index (κ1) is 21.9. The molecule has 0 radical (unpaired) electrons. The summed E-state index contributed by atoms with van der Waals surface area (Å²) in [7, 11) is 0. The molecule has 1 heterocycles. The number of hydrogen-bond donors (Lipinski definition) is 2. The van der Waals surface area contributed by atoms with Gasteiger partial charge in [0.25, 0.3) is 0 Å². The summed E-state index contributed by atoms with van der Waals surface area (Å²) in [5.41, 5.74) is 2.40. The predicted molar refractivity (Wildman–Crippen MR) is 107 cm³/mol. The maximum Gasteiger partial charge on any atom is 0.416 e. The largest absolute Gasteiger partial charge is 0.491 e. The number of ether oxygens (including phenoxy) is 1. The molecule has 0 amide bonds. The number of aliphatic hydroxyl groups is 1. The third-order valence-corrected chi connectivity index (χ3v) is 4.69. The van der Waals surface area contributed by atoms with Crippen LogP contribution < -0.4 is 4.74 Å². The Balaban J connectivity index is 1.59. The van der Waals surface area contributed by atoms with Crippen molar-refractivity contribution >= 4 is 0 Å². The number of aryl methyl sites for hydroxylation is 1. The van der Waals surface area contributed by atoms with Gasteiger partial charge in [0.15, 0.2) is 0 Å². The number of rotatable bonds is 9. The Bertz CT molecular complexity index is 912. The number of halogens is 3. The highest BCUT2D eigenvalue weighted by Crippen LogP contribution is 2.30. The molecule has 0 aliphatic carbocycles. The molecule has 5 nitrogen and oxygen atoms in total. The third kappa shape index (κ3) is 6.33. The van der Waals surface area contributed by atoms with Crippen molar-refractivity contribution in [3.8, 4) is 5.75 Å². The van der Waals surface area contributed by atoms with Crippen LogP contribution in [-0.2, 0) is 19.3 Å². The van der Waals surface area contributed by atoms with Gasteiger partial charge in [-0.05, 0) is 42.3 Å². The average Bonchev–Trinajstić information content (AvgIpc) is 3.21. The zero-order chi connectivity index (χ0) is 21.6. The molecule has 1 unspecified atom stereocenters. The van der Waals surface area contributed by atoms with Crippen molar-refractivity contribution in [1.29, 1.82) is 0 Å². The fourth-order valence-corrected chi connectivity index (χ4v) is 3.10. The lowest BCUT2D eigenvalue weighted by atomic mass is 10.1. The standard InChI is InChI=1S/C22H24F3N3O2/c1-16-4-2-3-5-17(16)11-28(12-19-10-26-15-27-19)13-20(29)14-30-21-8-6-18(7-9-21)22(23,24)25/h2-10,15,20,29H,11-14H2,1H3,(H,26,27). The predicted octanol–water partition coefficient (Wildman–Crippen LogP) is 4.18. The van der Waals surface area contributed by atoms with Crippen LogP contribution in [0.5, 0.6) is 5.75 Å². The Morgan fingerprint density at radius 1 is 1.10 bits per heavy atom. The van der Waals surface area contributed by atoms with Crippen LogP contribution in [0.25, 0.3) is 0 Å². The van der Waals surface area contributed by atoms with E-state index in [1.54, 1.807) is 12.5 Å². The van der Waals surface area contributed by atoms with Crippen LogP contribution in [0.15, 0.2) is 61.1 Å². The Morgan fingerprint density at radius 3 is 2.47 bits per heavy atom. The Kier molecular flexibility index (Phi) is 7.12. The first-order valence-electron chi connectivity index (χ1n) is 9.54. The van der Waals surface area contributed by atoms with E-state index in [0.717, 1.165) is 29.0 Å². The lowest BCUT2D eigenvalue weighted by Crippen LogP contribution is -2.35. The number of imidazole rings is 1. The molecule has 2 N–H and O–H groups in total. The Labute approximate surface area is 173 Å². The number of nitrogens with zero attached hydrogens (tertiary/aromatic N) is 2. The van der Waals surface area contributed by atoms with Crippen LogP contribution in [0.2, 0.25) is 0 Å². The van der Waals surface area contributed by atoms with Crippen LogP contribution in [-0.4, -0.2) is 39.2 Å². The van der Waals surface area contributed by atoms with E-state index in [1.165, 1.54) is 12.1 Å². The summed E-state index contributed by atoms with van der Waals surface area (Å²) in [5, 5.41) is 10.5. The van der Waals surface area contributed by atoms with Crippen LogP contribution >= 0.6 is 0 Å². The summed E-state index contributed by atoms with van der Waals surface area (Å²) in [6.45, 7) is 3.48. The fourth-order valence-electron chi connectivity index (χ4n) is 3.10. The first-order valence-corrected chi connectivity index (χ1v) is 9.54. The minimum Gasteiger partial charge on any atom is -0.491 e. The van der Waals surface area contributed by atoms with Crippen molar-refractivity contribution in [3.63, 3.8) is 0 Å². The van der Waals surface area contributed by atoms with Crippen LogP contribution in [0.1, 0.15) is 22.4 Å². The van der Waals surface area contributed by atoms with E-state index in [-0.39, 0.29) is 12.4 Å². The molecule has 0 saturated carbocycles. The molecule has 0 aliphatic rings. The molecule has 0 aliphatic heterocycles. The maximum atomic E-state index is 12.6. The topological polar surface area (TPSA) is 61.4 Å². The van der Waals surface area contributed by atoms with Gasteiger partial charge < -0.3 is 14.8 Å². The van der Waals surface area contributed by atoms with E-state index in [4.69, 9.17) is 4.74 Å². The minimum atomic E-state index is -4.39. The van der Waals surface area contributed by atoms with E-state index < -0.39 is 17.8 Å². The van der Waals surface area contributed by atoms with Gasteiger partial charge in [0.1, 0.15) is 18.5 Å². The monoisotopic (exact) mass is 419 g/mol. The van der Waals surface area contributed by atoms with Crippen LogP contribution in [0, 0.1) is 6.92 Å². The summed E-state index contributed by atoms with van der Waals surface area (Å²) in [6, 6.07) is 12.5. The highest BCUT2D eigenvalue weighted by Gasteiger charge is 2.30. The molecule has 1 aromatic heterocycles. The maximum absolute atomic E-state index is 12.6. The smallest absolute Gasteiger partial charge is 0.416 e. The highest BCUT2D eigenvalue weighted by atomic mass is 19.4. The summed E-state index contributed by atoms with van der Waals surface area (Å²) >= 11 is 0. The quantitative estimate of drug-likeness (QED) is 0.546. The summed E-state index contributed by atoms with van der Waals surface area (Å²) in [5.74, 6) is 0.278. The number of aromatic nitrogens is 2. The molecule has 3 aromatic rings. The molecule has 2 aromatic carbocycles. The average molecular weight is 419 g/mol. The van der Waals surface area contributed by atoms with Crippen molar-refractivity contribution in [2.24, 2.45) is 0 Å². The molecule has 0 fully saturated rings. The Morgan fingerprint density at radius 2 is 1.83 bits per heavy atom. The number of benzene rings is 2. The van der Waals surface area contributed by atoms with Crippen molar-refractivity contribution < 1.29 is 23.0 Å². The second kappa shape index (κ2) is 9.77. The molecule has 0 saturated heterocycles. The number of nitrogens with one attached hydrogen (secondary N) is 1. The number of alkyl halides is 3.